The van der Waals surface area contributed by atoms with Gasteiger partial charge in [-0.15, -0.1) is 0 Å². The van der Waals surface area contributed by atoms with Gasteiger partial charge in [0.25, 0.3) is 0 Å². The molecule has 1 rings (SSSR count). The molecule has 3 nitrogen and oxygen atoms in total. The Morgan fingerprint density at radius 3 is 2.58 bits per heavy atom. The molecule has 0 spiro atoms. The first kappa shape index (κ1) is 9.45. The molecule has 1 aliphatic carbocycles. The molecule has 70 valence electrons. The Hall–Kier alpha value is -0.640. The predicted molar refractivity (Wildman–Crippen MR) is 44.4 cm³/mol. The van der Waals surface area contributed by atoms with Crippen molar-refractivity contribution < 1.29 is 9.18 Å². The Morgan fingerprint density at radius 1 is 1.50 bits per heavy atom. The first-order chi connectivity index (χ1) is 5.69. The third kappa shape index (κ3) is 1.94. The minimum atomic E-state index is -0.713. The fourth-order valence-electron chi connectivity index (χ4n) is 1.57. The summed E-state index contributed by atoms with van der Waals surface area (Å²) in [5.74, 6) is -0.197. The zero-order chi connectivity index (χ0) is 9.03. The number of hydrogen-bond donors (Lipinski definition) is 2. The minimum absolute atomic E-state index is 0.0811. The number of amides is 1. The van der Waals surface area contributed by atoms with Crippen molar-refractivity contribution in [1.29, 1.82) is 0 Å². The summed E-state index contributed by atoms with van der Waals surface area (Å²) in [5, 5.41) is 2.48. The van der Waals surface area contributed by atoms with Crippen molar-refractivity contribution in [3.05, 3.63) is 0 Å². The highest BCUT2D eigenvalue weighted by Crippen LogP contribution is 2.26. The standard InChI is InChI=1S/C8H15FN2O/c9-5-6-11-7(12)8(10)3-1-2-4-8/h1-6,10H2,(H,11,12). The molecule has 3 N–H and O–H groups in total. The van der Waals surface area contributed by atoms with Crippen LogP contribution in [0.5, 0.6) is 0 Å². The van der Waals surface area contributed by atoms with E-state index in [0.717, 1.165) is 25.7 Å². The van der Waals surface area contributed by atoms with Gasteiger partial charge in [-0.2, -0.15) is 0 Å². The fourth-order valence-corrected chi connectivity index (χ4v) is 1.57. The number of alkyl halides is 1. The summed E-state index contributed by atoms with van der Waals surface area (Å²) < 4.78 is 11.7. The SMILES string of the molecule is NC1(C(=O)NCCF)CCCC1. The maximum Gasteiger partial charge on any atom is 0.240 e. The molecule has 0 aromatic rings. The Kier molecular flexibility index (Phi) is 3.03. The van der Waals surface area contributed by atoms with Crippen LogP contribution in [0.4, 0.5) is 4.39 Å². The van der Waals surface area contributed by atoms with Crippen LogP contribution in [0.3, 0.4) is 0 Å². The molecule has 4 heteroatoms. The van der Waals surface area contributed by atoms with E-state index in [0.29, 0.717) is 0 Å². The van der Waals surface area contributed by atoms with E-state index in [2.05, 4.69) is 5.32 Å². The van der Waals surface area contributed by atoms with Gasteiger partial charge in [0.15, 0.2) is 0 Å². The quantitative estimate of drug-likeness (QED) is 0.648. The second-order valence-corrected chi connectivity index (χ2v) is 3.31. The number of carbonyl (C=O) groups excluding carboxylic acids is 1. The molecule has 1 aliphatic rings. The summed E-state index contributed by atoms with van der Waals surface area (Å²) in [6.07, 6.45) is 3.45. The van der Waals surface area contributed by atoms with Crippen molar-refractivity contribution in [2.75, 3.05) is 13.2 Å². The van der Waals surface area contributed by atoms with Crippen molar-refractivity contribution in [3.63, 3.8) is 0 Å². The van der Waals surface area contributed by atoms with Crippen LogP contribution in [0.1, 0.15) is 25.7 Å². The number of nitrogens with one attached hydrogen (secondary N) is 1. The van der Waals surface area contributed by atoms with Gasteiger partial charge in [0.1, 0.15) is 6.67 Å². The predicted octanol–water partition coefficient (Wildman–Crippen LogP) is 0.344. The molecule has 12 heavy (non-hydrogen) atoms. The van der Waals surface area contributed by atoms with Gasteiger partial charge in [0.2, 0.25) is 5.91 Å². The van der Waals surface area contributed by atoms with Gasteiger partial charge in [-0.05, 0) is 12.8 Å². The average molecular weight is 174 g/mol. The van der Waals surface area contributed by atoms with Crippen molar-refractivity contribution >= 4 is 5.91 Å². The second-order valence-electron chi connectivity index (χ2n) is 3.31. The Morgan fingerprint density at radius 2 is 2.08 bits per heavy atom. The normalized spacial score (nSPS) is 20.8. The maximum atomic E-state index is 11.7. The number of nitrogens with two attached hydrogens (primary N) is 1. The van der Waals surface area contributed by atoms with E-state index >= 15 is 0 Å². The number of halogens is 1. The first-order valence-electron chi connectivity index (χ1n) is 4.32. The summed E-state index contributed by atoms with van der Waals surface area (Å²) in [5.41, 5.74) is 5.10. The van der Waals surface area contributed by atoms with E-state index in [4.69, 9.17) is 5.73 Å². The van der Waals surface area contributed by atoms with Crippen LogP contribution >= 0.6 is 0 Å². The van der Waals surface area contributed by atoms with Gasteiger partial charge in [-0.1, -0.05) is 12.8 Å². The highest BCUT2D eigenvalue weighted by atomic mass is 19.1. The Bertz CT molecular complexity index is 166. The average Bonchev–Trinajstić information content (AvgIpc) is 2.49. The third-order valence-electron chi connectivity index (χ3n) is 2.33. The van der Waals surface area contributed by atoms with E-state index in [9.17, 15) is 9.18 Å². The molecule has 0 aromatic carbocycles. The lowest BCUT2D eigenvalue weighted by molar-refractivity contribution is -0.126. The van der Waals surface area contributed by atoms with Crippen LogP contribution in [0.25, 0.3) is 0 Å². The van der Waals surface area contributed by atoms with Crippen molar-refractivity contribution in [2.24, 2.45) is 5.73 Å². The second kappa shape index (κ2) is 3.85. The fraction of sp³-hybridized carbons (Fsp3) is 0.875. The van der Waals surface area contributed by atoms with Gasteiger partial charge in [-0.3, -0.25) is 4.79 Å². The van der Waals surface area contributed by atoms with Crippen LogP contribution < -0.4 is 11.1 Å². The summed E-state index contributed by atoms with van der Waals surface area (Å²) in [4.78, 5) is 11.3. The van der Waals surface area contributed by atoms with Crippen molar-refractivity contribution in [3.8, 4) is 0 Å². The van der Waals surface area contributed by atoms with E-state index < -0.39 is 12.2 Å². The van der Waals surface area contributed by atoms with Gasteiger partial charge in [0.05, 0.1) is 5.54 Å². The lowest BCUT2D eigenvalue weighted by Crippen LogP contribution is -2.52. The van der Waals surface area contributed by atoms with Gasteiger partial charge in [0, 0.05) is 6.54 Å². The summed E-state index contributed by atoms with van der Waals surface area (Å²) in [6.45, 7) is -0.445. The number of rotatable bonds is 3. The van der Waals surface area contributed by atoms with Crippen LogP contribution in [0.2, 0.25) is 0 Å². The lowest BCUT2D eigenvalue weighted by Gasteiger charge is -2.21. The largest absolute Gasteiger partial charge is 0.352 e. The highest BCUT2D eigenvalue weighted by molar-refractivity contribution is 5.86. The molecular formula is C8H15FN2O. The molecule has 0 saturated heterocycles. The smallest absolute Gasteiger partial charge is 0.240 e. The molecule has 1 amide bonds. The molecular weight excluding hydrogens is 159 g/mol. The Balaban J connectivity index is 2.39. The Labute approximate surface area is 71.5 Å². The first-order valence-corrected chi connectivity index (χ1v) is 4.32. The molecule has 1 saturated carbocycles. The van der Waals surface area contributed by atoms with Gasteiger partial charge < -0.3 is 11.1 Å². The van der Waals surface area contributed by atoms with Crippen molar-refractivity contribution in [1.82, 2.24) is 5.32 Å². The summed E-state index contributed by atoms with van der Waals surface area (Å²) in [6, 6.07) is 0. The molecule has 0 aliphatic heterocycles. The van der Waals surface area contributed by atoms with Gasteiger partial charge >= 0.3 is 0 Å². The highest BCUT2D eigenvalue weighted by Gasteiger charge is 2.36. The molecule has 0 atom stereocenters. The molecule has 0 bridgehead atoms. The maximum absolute atomic E-state index is 11.7. The number of carbonyl (C=O) groups is 1. The monoisotopic (exact) mass is 174 g/mol. The zero-order valence-corrected chi connectivity index (χ0v) is 7.11. The molecule has 0 aromatic heterocycles. The molecule has 0 radical (unpaired) electrons. The van der Waals surface area contributed by atoms with Gasteiger partial charge in [-0.25, -0.2) is 4.39 Å². The third-order valence-corrected chi connectivity index (χ3v) is 2.33. The van der Waals surface area contributed by atoms with Crippen LogP contribution in [-0.2, 0) is 4.79 Å². The zero-order valence-electron chi connectivity index (χ0n) is 7.11. The molecule has 0 heterocycles. The van der Waals surface area contributed by atoms with Crippen LogP contribution in [-0.4, -0.2) is 24.7 Å². The number of hydrogen-bond acceptors (Lipinski definition) is 2. The minimum Gasteiger partial charge on any atom is -0.352 e. The molecule has 1 fully saturated rings. The van der Waals surface area contributed by atoms with E-state index in [1.807, 2.05) is 0 Å². The van der Waals surface area contributed by atoms with Crippen LogP contribution in [0.15, 0.2) is 0 Å². The van der Waals surface area contributed by atoms with Crippen molar-refractivity contribution in [2.45, 2.75) is 31.2 Å². The van der Waals surface area contributed by atoms with E-state index in [1.165, 1.54) is 0 Å². The van der Waals surface area contributed by atoms with E-state index in [-0.39, 0.29) is 12.5 Å². The van der Waals surface area contributed by atoms with E-state index in [1.54, 1.807) is 0 Å². The summed E-state index contributed by atoms with van der Waals surface area (Å²) >= 11 is 0. The molecule has 0 unspecified atom stereocenters. The summed E-state index contributed by atoms with van der Waals surface area (Å²) in [7, 11) is 0. The lowest BCUT2D eigenvalue weighted by atomic mass is 9.98. The van der Waals surface area contributed by atoms with Crippen LogP contribution in [0, 0.1) is 0 Å². The topological polar surface area (TPSA) is 55.1 Å².